The molecule has 3 aromatic heterocycles. The highest BCUT2D eigenvalue weighted by Crippen LogP contribution is 2.24. The average Bonchev–Trinajstić information content (AvgIpc) is 3.27. The summed E-state index contributed by atoms with van der Waals surface area (Å²) >= 11 is 0. The van der Waals surface area contributed by atoms with E-state index in [1.165, 1.54) is 39.7 Å². The van der Waals surface area contributed by atoms with Crippen LogP contribution in [0.2, 0.25) is 0 Å². The van der Waals surface area contributed by atoms with Crippen LogP contribution in [0.1, 0.15) is 25.0 Å². The third kappa shape index (κ3) is 4.98. The van der Waals surface area contributed by atoms with Crippen molar-refractivity contribution >= 4 is 16.7 Å². The van der Waals surface area contributed by atoms with Crippen LogP contribution in [0.3, 0.4) is 0 Å². The molecule has 0 unspecified atom stereocenters. The molecule has 1 saturated heterocycles. The topological polar surface area (TPSA) is 86.8 Å². The number of benzene rings is 1. The lowest BCUT2D eigenvalue weighted by Crippen LogP contribution is -2.44. The van der Waals surface area contributed by atoms with Crippen molar-refractivity contribution in [3.63, 3.8) is 0 Å². The summed E-state index contributed by atoms with van der Waals surface area (Å²) in [5, 5.41) is 4.72. The molecule has 1 aliphatic rings. The van der Waals surface area contributed by atoms with Gasteiger partial charge < -0.3 is 9.47 Å². The van der Waals surface area contributed by atoms with Gasteiger partial charge in [0.1, 0.15) is 17.7 Å². The van der Waals surface area contributed by atoms with Crippen LogP contribution in [0.25, 0.3) is 16.7 Å². The molecule has 0 bridgehead atoms. The van der Waals surface area contributed by atoms with Gasteiger partial charge in [-0.15, -0.1) is 13.2 Å². The Balaban J connectivity index is 1.49. The summed E-state index contributed by atoms with van der Waals surface area (Å²) in [4.78, 5) is 24.3. The van der Waals surface area contributed by atoms with Gasteiger partial charge in [-0.2, -0.15) is 9.61 Å². The quantitative estimate of drug-likeness (QED) is 0.427. The second-order valence-corrected chi connectivity index (χ2v) is 8.72. The van der Waals surface area contributed by atoms with Crippen LogP contribution < -0.4 is 10.4 Å². The van der Waals surface area contributed by atoms with E-state index in [0.717, 1.165) is 18.7 Å². The normalized spacial score (nSPS) is 19.5. The molecule has 5 rings (SSSR count). The van der Waals surface area contributed by atoms with Crippen LogP contribution in [-0.2, 0) is 17.8 Å². The molecule has 0 saturated carbocycles. The Bertz CT molecular complexity index is 1410. The molecule has 1 fully saturated rings. The maximum absolute atomic E-state index is 13.1. The third-order valence-corrected chi connectivity index (χ3v) is 5.78. The highest BCUT2D eigenvalue weighted by atomic mass is 19.4. The molecule has 0 radical (unpaired) electrons. The number of pyridine rings is 1. The second-order valence-electron chi connectivity index (χ2n) is 8.72. The predicted octanol–water partition coefficient (Wildman–Crippen LogP) is 3.00. The van der Waals surface area contributed by atoms with Crippen LogP contribution >= 0.6 is 0 Å². The van der Waals surface area contributed by atoms with Crippen molar-refractivity contribution in [1.29, 1.82) is 0 Å². The van der Waals surface area contributed by atoms with Crippen molar-refractivity contribution in [3.05, 3.63) is 64.5 Å². The Morgan fingerprint density at radius 3 is 2.43 bits per heavy atom. The molecule has 1 aromatic carbocycles. The molecule has 4 heterocycles. The largest absolute Gasteiger partial charge is 0.573 e. The molecule has 184 valence electrons. The fourth-order valence-corrected chi connectivity index (χ4v) is 4.53. The first-order valence-electron chi connectivity index (χ1n) is 11.1. The van der Waals surface area contributed by atoms with Gasteiger partial charge >= 0.3 is 12.1 Å². The highest BCUT2D eigenvalue weighted by Gasteiger charge is 2.31. The number of fused-ring (bicyclic) bond motifs is 3. The van der Waals surface area contributed by atoms with Gasteiger partial charge in [0.2, 0.25) is 0 Å². The van der Waals surface area contributed by atoms with Gasteiger partial charge in [0.25, 0.3) is 0 Å². The van der Waals surface area contributed by atoms with Crippen LogP contribution in [0, 0.1) is 0 Å². The Kier molecular flexibility index (Phi) is 5.93. The second kappa shape index (κ2) is 8.93. The molecule has 0 spiro atoms. The number of morpholine rings is 1. The van der Waals surface area contributed by atoms with Gasteiger partial charge in [0.05, 0.1) is 24.1 Å². The van der Waals surface area contributed by atoms with E-state index in [-0.39, 0.29) is 24.5 Å². The molecule has 0 aliphatic carbocycles. The van der Waals surface area contributed by atoms with Gasteiger partial charge in [-0.1, -0.05) is 12.1 Å². The first kappa shape index (κ1) is 23.2. The van der Waals surface area contributed by atoms with E-state index in [2.05, 4.69) is 24.7 Å². The summed E-state index contributed by atoms with van der Waals surface area (Å²) in [5.41, 5.74) is 1.93. The summed E-state index contributed by atoms with van der Waals surface area (Å²) in [5.74, 6) is -0.334. The van der Waals surface area contributed by atoms with Gasteiger partial charge in [0, 0.05) is 25.8 Å². The summed E-state index contributed by atoms with van der Waals surface area (Å²) in [6.07, 6.45) is -1.47. The Morgan fingerprint density at radius 2 is 1.74 bits per heavy atom. The van der Waals surface area contributed by atoms with Crippen molar-refractivity contribution < 1.29 is 22.6 Å². The van der Waals surface area contributed by atoms with Crippen LogP contribution in [-0.4, -0.2) is 60.7 Å². The standard InChI is InChI=1S/C23H23F3N6O3/c1-14-9-30(10-15(2)34-14)11-17-7-19-20(27-8-17)31(22(33)32-21(19)28-13-29-32)12-16-3-5-18(6-4-16)35-23(24,25)26/h3-8,13-15H,9-12H2,1-2H3/t14-,15+. The van der Waals surface area contributed by atoms with Crippen molar-refractivity contribution in [2.24, 2.45) is 0 Å². The molecule has 9 nitrogen and oxygen atoms in total. The zero-order valence-electron chi connectivity index (χ0n) is 19.1. The van der Waals surface area contributed by atoms with Gasteiger partial charge in [-0.25, -0.2) is 14.8 Å². The third-order valence-electron chi connectivity index (χ3n) is 5.78. The fourth-order valence-electron chi connectivity index (χ4n) is 4.53. The number of rotatable bonds is 5. The van der Waals surface area contributed by atoms with E-state index >= 15 is 0 Å². The lowest BCUT2D eigenvalue weighted by molar-refractivity contribution is -0.274. The van der Waals surface area contributed by atoms with Crippen LogP contribution in [0.4, 0.5) is 13.2 Å². The zero-order valence-corrected chi connectivity index (χ0v) is 19.1. The van der Waals surface area contributed by atoms with Crippen molar-refractivity contribution in [3.8, 4) is 5.75 Å². The van der Waals surface area contributed by atoms with E-state index in [0.29, 0.717) is 28.8 Å². The molecule has 4 aromatic rings. The van der Waals surface area contributed by atoms with E-state index in [1.54, 1.807) is 6.20 Å². The first-order valence-corrected chi connectivity index (χ1v) is 11.1. The average molecular weight is 488 g/mol. The molecule has 0 amide bonds. The van der Waals surface area contributed by atoms with E-state index in [4.69, 9.17) is 4.74 Å². The van der Waals surface area contributed by atoms with E-state index in [1.807, 2.05) is 19.9 Å². The number of halogens is 3. The van der Waals surface area contributed by atoms with E-state index < -0.39 is 12.1 Å². The lowest BCUT2D eigenvalue weighted by Gasteiger charge is -2.35. The van der Waals surface area contributed by atoms with Crippen molar-refractivity contribution in [2.75, 3.05) is 13.1 Å². The number of hydrogen-bond donors (Lipinski definition) is 0. The summed E-state index contributed by atoms with van der Waals surface area (Å²) in [6.45, 7) is 6.44. The van der Waals surface area contributed by atoms with Crippen LogP contribution in [0.5, 0.6) is 5.75 Å². The lowest BCUT2D eigenvalue weighted by atomic mass is 10.1. The summed E-state index contributed by atoms with van der Waals surface area (Å²) in [6, 6.07) is 7.31. The van der Waals surface area contributed by atoms with E-state index in [9.17, 15) is 18.0 Å². The number of hydrogen-bond acceptors (Lipinski definition) is 7. The first-order chi connectivity index (χ1) is 16.7. The predicted molar refractivity (Wildman–Crippen MR) is 120 cm³/mol. The minimum atomic E-state index is -4.77. The minimum Gasteiger partial charge on any atom is -0.406 e. The zero-order chi connectivity index (χ0) is 24.7. The highest BCUT2D eigenvalue weighted by molar-refractivity contribution is 5.89. The molecule has 35 heavy (non-hydrogen) atoms. The number of alkyl halides is 3. The maximum Gasteiger partial charge on any atom is 0.573 e. The molecule has 2 atom stereocenters. The number of ether oxygens (including phenoxy) is 2. The molecular weight excluding hydrogens is 465 g/mol. The monoisotopic (exact) mass is 488 g/mol. The minimum absolute atomic E-state index is 0.0856. The Hall–Kier alpha value is -3.51. The maximum atomic E-state index is 13.1. The van der Waals surface area contributed by atoms with Gasteiger partial charge in [0.15, 0.2) is 5.65 Å². The van der Waals surface area contributed by atoms with Crippen molar-refractivity contribution in [2.45, 2.75) is 45.5 Å². The fraction of sp³-hybridized carbons (Fsp3) is 0.391. The van der Waals surface area contributed by atoms with Crippen LogP contribution in [0.15, 0.2) is 47.7 Å². The smallest absolute Gasteiger partial charge is 0.406 e. The molecular formula is C23H23F3N6O3. The molecule has 12 heteroatoms. The summed E-state index contributed by atoms with van der Waals surface area (Å²) in [7, 11) is 0. The Labute approximate surface area is 197 Å². The molecule has 1 aliphatic heterocycles. The number of nitrogens with zero attached hydrogens (tertiary/aromatic N) is 6. The summed E-state index contributed by atoms with van der Waals surface area (Å²) < 4.78 is 49.7. The SMILES string of the molecule is C[C@@H]1CN(Cc2cnc3c(c2)c2ncnn2c(=O)n3Cc2ccc(OC(F)(F)F)cc2)C[C@H](C)O1. The number of aromatic nitrogens is 5. The Morgan fingerprint density at radius 1 is 1.03 bits per heavy atom. The van der Waals surface area contributed by atoms with Gasteiger partial charge in [-0.3, -0.25) is 9.47 Å². The van der Waals surface area contributed by atoms with Gasteiger partial charge in [-0.05, 0) is 43.2 Å². The van der Waals surface area contributed by atoms with Crippen molar-refractivity contribution in [1.82, 2.24) is 29.0 Å². The molecule has 0 N–H and O–H groups in total.